The van der Waals surface area contributed by atoms with Crippen LogP contribution in [0.2, 0.25) is 0 Å². The zero-order valence-corrected chi connectivity index (χ0v) is 13.4. The Morgan fingerprint density at radius 2 is 0.800 bits per heavy atom. The van der Waals surface area contributed by atoms with E-state index in [1.807, 2.05) is 0 Å². The van der Waals surface area contributed by atoms with Gasteiger partial charge in [0.2, 0.25) is 0 Å². The molecule has 0 rings (SSSR count). The summed E-state index contributed by atoms with van der Waals surface area (Å²) < 4.78 is 11.9. The van der Waals surface area contributed by atoms with Crippen molar-refractivity contribution in [3.63, 3.8) is 0 Å². The fourth-order valence-corrected chi connectivity index (χ4v) is 2.62. The summed E-state index contributed by atoms with van der Waals surface area (Å²) in [6.07, 6.45) is 20.6. The van der Waals surface area contributed by atoms with Crippen LogP contribution in [0.1, 0.15) is 103 Å². The first-order valence-corrected chi connectivity index (χ1v) is 8.91. The van der Waals surface area contributed by atoms with Crippen LogP contribution in [0.15, 0.2) is 0 Å². The largest absolute Gasteiger partial charge is 0.303 e. The lowest BCUT2D eigenvalue weighted by atomic mass is 10.0. The average molecular weight is 286 g/mol. The van der Waals surface area contributed by atoms with Crippen LogP contribution >= 0.6 is 0 Å². The van der Waals surface area contributed by atoms with Crippen LogP contribution in [0, 0.1) is 0 Å². The molecule has 0 radical (unpaired) electrons. The van der Waals surface area contributed by atoms with Crippen LogP contribution in [0.5, 0.6) is 0 Å². The molecule has 20 heavy (non-hydrogen) atoms. The highest BCUT2D eigenvalue weighted by Crippen LogP contribution is 2.13. The molecule has 0 atom stereocenters. The summed E-state index contributed by atoms with van der Waals surface area (Å²) in [5.74, 6) is 0. The van der Waals surface area contributed by atoms with Gasteiger partial charge in [0.15, 0.2) is 0 Å². The van der Waals surface area contributed by atoms with Crippen molar-refractivity contribution in [2.24, 2.45) is 0 Å². The highest BCUT2D eigenvalue weighted by atomic mass is 19.1. The Kier molecular flexibility index (Phi) is 18.2. The summed E-state index contributed by atoms with van der Waals surface area (Å²) in [5.41, 5.74) is 0. The van der Waals surface area contributed by atoms with E-state index in [4.69, 9.17) is 0 Å². The van der Waals surface area contributed by atoms with Crippen LogP contribution in [0.3, 0.4) is 0 Å². The molecule has 2 heteroatoms. The van der Waals surface area contributed by atoms with E-state index in [2.05, 4.69) is 0 Å². The Morgan fingerprint density at radius 3 is 1.10 bits per heavy atom. The van der Waals surface area contributed by atoms with Crippen molar-refractivity contribution in [1.29, 1.82) is 0 Å². The summed E-state index contributed by atoms with van der Waals surface area (Å²) >= 11 is 0. The molecule has 0 amide bonds. The Hall–Kier alpha value is -0.400. The molecule has 0 aromatic carbocycles. The van der Waals surface area contributed by atoms with Gasteiger partial charge in [-0.25, -0.2) is 0 Å². The molecule has 0 saturated heterocycles. The molecule has 0 fully saturated rings. The lowest BCUT2D eigenvalue weighted by molar-refractivity contribution is -0.107. The Bertz CT molecular complexity index is 182. The van der Waals surface area contributed by atoms with E-state index in [0.29, 0.717) is 0 Å². The lowest BCUT2D eigenvalue weighted by Crippen LogP contribution is -1.84. The van der Waals surface area contributed by atoms with E-state index in [9.17, 15) is 9.18 Å². The second-order valence-corrected chi connectivity index (χ2v) is 5.95. The van der Waals surface area contributed by atoms with E-state index in [-0.39, 0.29) is 6.67 Å². The van der Waals surface area contributed by atoms with Crippen LogP contribution in [0.4, 0.5) is 4.39 Å². The third-order valence-electron chi connectivity index (χ3n) is 3.96. The second kappa shape index (κ2) is 18.6. The van der Waals surface area contributed by atoms with Gasteiger partial charge in [0.05, 0.1) is 6.67 Å². The predicted octanol–water partition coefficient (Wildman–Crippen LogP) is 6.40. The molecule has 120 valence electrons. The summed E-state index contributed by atoms with van der Waals surface area (Å²) in [6.45, 7) is -0.142. The van der Waals surface area contributed by atoms with Gasteiger partial charge in [0, 0.05) is 6.42 Å². The van der Waals surface area contributed by atoms with Crippen LogP contribution in [0.25, 0.3) is 0 Å². The first-order chi connectivity index (χ1) is 9.91. The van der Waals surface area contributed by atoms with Gasteiger partial charge >= 0.3 is 0 Å². The van der Waals surface area contributed by atoms with E-state index < -0.39 is 0 Å². The van der Waals surface area contributed by atoms with E-state index in [1.54, 1.807) is 0 Å². The van der Waals surface area contributed by atoms with Gasteiger partial charge in [-0.1, -0.05) is 83.5 Å². The SMILES string of the molecule is O=CCCCCCCCCCCCCCCCCCF. The van der Waals surface area contributed by atoms with Crippen LogP contribution in [-0.2, 0) is 4.79 Å². The Labute approximate surface area is 125 Å². The summed E-state index contributed by atoms with van der Waals surface area (Å²) in [4.78, 5) is 10.1. The number of hydrogen-bond donors (Lipinski definition) is 0. The molecule has 0 heterocycles. The lowest BCUT2D eigenvalue weighted by Gasteiger charge is -2.03. The number of carbonyl (C=O) groups excluding carboxylic acids is 1. The molecule has 0 aliphatic carbocycles. The van der Waals surface area contributed by atoms with Gasteiger partial charge in [-0.3, -0.25) is 4.39 Å². The van der Waals surface area contributed by atoms with Crippen molar-refractivity contribution in [3.05, 3.63) is 0 Å². The molecule has 0 aliphatic heterocycles. The smallest absolute Gasteiger partial charge is 0.119 e. The van der Waals surface area contributed by atoms with Crippen molar-refractivity contribution in [1.82, 2.24) is 0 Å². The molecule has 0 aromatic heterocycles. The zero-order chi connectivity index (χ0) is 14.7. The number of aldehydes is 1. The molecular weight excluding hydrogens is 251 g/mol. The highest BCUT2D eigenvalue weighted by Gasteiger charge is 1.94. The number of carbonyl (C=O) groups is 1. The van der Waals surface area contributed by atoms with Crippen molar-refractivity contribution in [2.75, 3.05) is 6.67 Å². The van der Waals surface area contributed by atoms with Gasteiger partial charge < -0.3 is 4.79 Å². The average Bonchev–Trinajstić information content (AvgIpc) is 2.47. The van der Waals surface area contributed by atoms with E-state index >= 15 is 0 Å². The fourth-order valence-electron chi connectivity index (χ4n) is 2.62. The van der Waals surface area contributed by atoms with Gasteiger partial charge in [0.1, 0.15) is 6.29 Å². The quantitative estimate of drug-likeness (QED) is 0.223. The van der Waals surface area contributed by atoms with E-state index in [0.717, 1.165) is 32.0 Å². The number of hydrogen-bond acceptors (Lipinski definition) is 1. The zero-order valence-electron chi connectivity index (χ0n) is 13.4. The molecule has 0 bridgehead atoms. The van der Waals surface area contributed by atoms with Crippen LogP contribution in [-0.4, -0.2) is 13.0 Å². The van der Waals surface area contributed by atoms with Crippen molar-refractivity contribution in [2.45, 2.75) is 103 Å². The minimum absolute atomic E-state index is 0.142. The number of halogens is 1. The molecule has 0 N–H and O–H groups in total. The fraction of sp³-hybridized carbons (Fsp3) is 0.944. The predicted molar refractivity (Wildman–Crippen MR) is 85.9 cm³/mol. The number of rotatable bonds is 17. The third-order valence-corrected chi connectivity index (χ3v) is 3.96. The van der Waals surface area contributed by atoms with Crippen molar-refractivity contribution < 1.29 is 9.18 Å². The molecular formula is C18H35FO. The van der Waals surface area contributed by atoms with Crippen molar-refractivity contribution >= 4 is 6.29 Å². The standard InChI is InChI=1S/C18H35FO/c19-17-15-13-11-9-7-5-3-1-2-4-6-8-10-12-14-16-18-20/h18H,1-17H2. The maximum Gasteiger partial charge on any atom is 0.119 e. The highest BCUT2D eigenvalue weighted by molar-refractivity contribution is 5.48. The van der Waals surface area contributed by atoms with Gasteiger partial charge in [-0.15, -0.1) is 0 Å². The Morgan fingerprint density at radius 1 is 0.500 bits per heavy atom. The minimum Gasteiger partial charge on any atom is -0.303 e. The van der Waals surface area contributed by atoms with Gasteiger partial charge in [0.25, 0.3) is 0 Å². The number of alkyl halides is 1. The normalized spacial score (nSPS) is 10.8. The monoisotopic (exact) mass is 286 g/mol. The first kappa shape index (κ1) is 19.6. The summed E-state index contributed by atoms with van der Waals surface area (Å²) in [5, 5.41) is 0. The molecule has 0 saturated carbocycles. The number of unbranched alkanes of at least 4 members (excludes halogenated alkanes) is 15. The molecule has 0 spiro atoms. The topological polar surface area (TPSA) is 17.1 Å². The van der Waals surface area contributed by atoms with Gasteiger partial charge in [-0.05, 0) is 12.8 Å². The third kappa shape index (κ3) is 17.6. The maximum atomic E-state index is 11.9. The molecule has 0 aliphatic rings. The van der Waals surface area contributed by atoms with Crippen LogP contribution < -0.4 is 0 Å². The molecule has 1 nitrogen and oxygen atoms in total. The molecule has 0 aromatic rings. The maximum absolute atomic E-state index is 11.9. The summed E-state index contributed by atoms with van der Waals surface area (Å²) in [7, 11) is 0. The summed E-state index contributed by atoms with van der Waals surface area (Å²) in [6, 6.07) is 0. The van der Waals surface area contributed by atoms with E-state index in [1.165, 1.54) is 77.0 Å². The first-order valence-electron chi connectivity index (χ1n) is 8.91. The second-order valence-electron chi connectivity index (χ2n) is 5.95. The minimum atomic E-state index is -0.142. The van der Waals surface area contributed by atoms with Gasteiger partial charge in [-0.2, -0.15) is 0 Å². The molecule has 0 unspecified atom stereocenters. The van der Waals surface area contributed by atoms with Crippen molar-refractivity contribution in [3.8, 4) is 0 Å². The Balaban J connectivity index is 2.90.